The number of nitrogens with two attached hydrogens (primary N) is 1. The van der Waals surface area contributed by atoms with Crippen LogP contribution in [0.2, 0.25) is 0 Å². The first-order valence-corrected chi connectivity index (χ1v) is 6.15. The predicted molar refractivity (Wildman–Crippen MR) is 70.0 cm³/mol. The molecule has 1 aliphatic rings. The molecule has 1 aromatic heterocycles. The summed E-state index contributed by atoms with van der Waals surface area (Å²) in [5.41, 5.74) is 6.10. The topological polar surface area (TPSA) is 73.1 Å². The van der Waals surface area contributed by atoms with E-state index >= 15 is 0 Å². The third kappa shape index (κ3) is 3.61. The summed E-state index contributed by atoms with van der Waals surface area (Å²) in [6.07, 6.45) is 5.36. The van der Waals surface area contributed by atoms with Gasteiger partial charge in [-0.1, -0.05) is 12.2 Å². The van der Waals surface area contributed by atoms with Crippen molar-refractivity contribution >= 4 is 23.2 Å². The fraction of sp³-hybridized carbons (Fsp3) is 0.545. The Morgan fingerprint density at radius 3 is 3.18 bits per heavy atom. The number of ether oxygens (including phenoxy) is 1. The zero-order chi connectivity index (χ0) is 12.1. The monoisotopic (exact) mass is 252 g/mol. The van der Waals surface area contributed by atoms with Crippen LogP contribution in [0.3, 0.4) is 0 Å². The lowest BCUT2D eigenvalue weighted by Gasteiger charge is -2.22. The van der Waals surface area contributed by atoms with E-state index in [0.29, 0.717) is 11.6 Å². The third-order valence-electron chi connectivity index (χ3n) is 2.67. The summed E-state index contributed by atoms with van der Waals surface area (Å²) in [6.45, 7) is 1.57. The summed E-state index contributed by atoms with van der Waals surface area (Å²) >= 11 is 4.87. The van der Waals surface area contributed by atoms with Crippen molar-refractivity contribution < 1.29 is 4.74 Å². The van der Waals surface area contributed by atoms with Gasteiger partial charge in [0.1, 0.15) is 10.7 Å². The van der Waals surface area contributed by atoms with Gasteiger partial charge in [-0.25, -0.2) is 9.97 Å². The number of hydrogen-bond acceptors (Lipinski definition) is 5. The first kappa shape index (κ1) is 12.2. The van der Waals surface area contributed by atoms with Crippen molar-refractivity contribution in [3.8, 4) is 0 Å². The average Bonchev–Trinajstić information content (AvgIpc) is 2.38. The Morgan fingerprint density at radius 1 is 1.59 bits per heavy atom. The summed E-state index contributed by atoms with van der Waals surface area (Å²) in [5.74, 6) is 0.546. The molecule has 3 N–H and O–H groups in total. The van der Waals surface area contributed by atoms with E-state index in [1.807, 2.05) is 0 Å². The lowest BCUT2D eigenvalue weighted by Crippen LogP contribution is -2.27. The molecule has 2 rings (SSSR count). The van der Waals surface area contributed by atoms with E-state index in [-0.39, 0.29) is 11.1 Å². The van der Waals surface area contributed by atoms with E-state index in [0.717, 1.165) is 26.0 Å². The van der Waals surface area contributed by atoms with E-state index in [2.05, 4.69) is 15.3 Å². The fourth-order valence-corrected chi connectivity index (χ4v) is 1.87. The predicted octanol–water partition coefficient (Wildman–Crippen LogP) is 1.09. The van der Waals surface area contributed by atoms with E-state index in [9.17, 15) is 0 Å². The Hall–Kier alpha value is -1.27. The summed E-state index contributed by atoms with van der Waals surface area (Å²) in [7, 11) is 0. The van der Waals surface area contributed by atoms with Gasteiger partial charge >= 0.3 is 0 Å². The minimum Gasteiger partial charge on any atom is -0.388 e. The highest BCUT2D eigenvalue weighted by Crippen LogP contribution is 2.12. The number of rotatable bonds is 4. The Balaban J connectivity index is 1.89. The molecule has 1 unspecified atom stereocenters. The lowest BCUT2D eigenvalue weighted by molar-refractivity contribution is 0.0246. The van der Waals surface area contributed by atoms with Crippen LogP contribution in [0.25, 0.3) is 0 Å². The highest BCUT2D eigenvalue weighted by molar-refractivity contribution is 7.80. The molecule has 5 nitrogen and oxygen atoms in total. The number of thiocarbonyl (C=S) groups is 1. The molecular weight excluding hydrogens is 236 g/mol. The van der Waals surface area contributed by atoms with E-state index in [4.69, 9.17) is 22.7 Å². The second-order valence-corrected chi connectivity index (χ2v) is 4.44. The number of nitrogens with one attached hydrogen (secondary N) is 1. The molecule has 0 bridgehead atoms. The maximum Gasteiger partial charge on any atom is 0.223 e. The lowest BCUT2D eigenvalue weighted by atomic mass is 10.1. The minimum atomic E-state index is 0.251. The maximum atomic E-state index is 5.61. The number of aromatic nitrogens is 2. The Morgan fingerprint density at radius 2 is 2.47 bits per heavy atom. The zero-order valence-electron chi connectivity index (χ0n) is 9.56. The van der Waals surface area contributed by atoms with Gasteiger partial charge in [-0.3, -0.25) is 0 Å². The van der Waals surface area contributed by atoms with Crippen molar-refractivity contribution in [2.75, 3.05) is 18.5 Å². The maximum absolute atomic E-state index is 5.61. The number of hydrogen-bond donors (Lipinski definition) is 2. The minimum absolute atomic E-state index is 0.251. The highest BCUT2D eigenvalue weighted by Gasteiger charge is 2.13. The Kier molecular flexibility index (Phi) is 4.22. The zero-order valence-corrected chi connectivity index (χ0v) is 10.4. The normalized spacial score (nSPS) is 19.9. The van der Waals surface area contributed by atoms with Gasteiger partial charge in [0.2, 0.25) is 5.95 Å². The molecule has 92 valence electrons. The summed E-state index contributed by atoms with van der Waals surface area (Å²) in [4.78, 5) is 8.61. The van der Waals surface area contributed by atoms with Gasteiger partial charge in [-0.2, -0.15) is 0 Å². The van der Waals surface area contributed by atoms with Crippen molar-refractivity contribution in [3.63, 3.8) is 0 Å². The smallest absolute Gasteiger partial charge is 0.223 e. The highest BCUT2D eigenvalue weighted by atomic mass is 32.1. The number of anilines is 1. The van der Waals surface area contributed by atoms with Crippen molar-refractivity contribution in [2.24, 2.45) is 5.73 Å². The molecule has 0 aliphatic carbocycles. The molecule has 0 aromatic carbocycles. The first-order valence-electron chi connectivity index (χ1n) is 5.74. The molecule has 1 aromatic rings. The summed E-state index contributed by atoms with van der Waals surface area (Å²) < 4.78 is 5.61. The molecule has 1 aliphatic heterocycles. The van der Waals surface area contributed by atoms with Gasteiger partial charge in [0, 0.05) is 19.3 Å². The van der Waals surface area contributed by atoms with Crippen molar-refractivity contribution in [3.05, 3.63) is 18.0 Å². The van der Waals surface area contributed by atoms with Crippen LogP contribution in [0.15, 0.2) is 12.3 Å². The van der Waals surface area contributed by atoms with Crippen LogP contribution in [0, 0.1) is 0 Å². The molecule has 0 spiro atoms. The second kappa shape index (κ2) is 5.88. The summed E-state index contributed by atoms with van der Waals surface area (Å²) in [6, 6.07) is 1.70. The van der Waals surface area contributed by atoms with Crippen molar-refractivity contribution in [1.82, 2.24) is 9.97 Å². The molecule has 0 amide bonds. The van der Waals surface area contributed by atoms with Crippen LogP contribution < -0.4 is 11.1 Å². The molecule has 6 heteroatoms. The molecule has 1 saturated heterocycles. The van der Waals surface area contributed by atoms with Gasteiger partial charge in [-0.05, 0) is 25.3 Å². The SMILES string of the molecule is NC(=S)c1ccnc(NCC2CCCCO2)n1. The quantitative estimate of drug-likeness (QED) is 0.782. The van der Waals surface area contributed by atoms with E-state index in [1.54, 1.807) is 12.3 Å². The van der Waals surface area contributed by atoms with Gasteiger partial charge < -0.3 is 15.8 Å². The third-order valence-corrected chi connectivity index (χ3v) is 2.88. The van der Waals surface area contributed by atoms with Crippen LogP contribution in [-0.4, -0.2) is 34.2 Å². The van der Waals surface area contributed by atoms with Gasteiger partial charge in [0.05, 0.1) is 6.10 Å². The molecule has 0 radical (unpaired) electrons. The van der Waals surface area contributed by atoms with Crippen LogP contribution in [-0.2, 0) is 4.74 Å². The van der Waals surface area contributed by atoms with Crippen molar-refractivity contribution in [1.29, 1.82) is 0 Å². The summed E-state index contributed by atoms with van der Waals surface area (Å²) in [5, 5.41) is 3.15. The first-order chi connectivity index (χ1) is 8.25. The van der Waals surface area contributed by atoms with Crippen LogP contribution >= 0.6 is 12.2 Å². The molecule has 1 atom stereocenters. The van der Waals surface area contributed by atoms with Crippen molar-refractivity contribution in [2.45, 2.75) is 25.4 Å². The number of nitrogens with zero attached hydrogens (tertiary/aromatic N) is 2. The van der Waals surface area contributed by atoms with Crippen LogP contribution in [0.1, 0.15) is 25.0 Å². The average molecular weight is 252 g/mol. The molecule has 17 heavy (non-hydrogen) atoms. The molecule has 1 fully saturated rings. The second-order valence-electron chi connectivity index (χ2n) is 4.00. The largest absolute Gasteiger partial charge is 0.388 e. The molecule has 2 heterocycles. The molecule has 0 saturated carbocycles. The fourth-order valence-electron chi connectivity index (χ4n) is 1.75. The van der Waals surface area contributed by atoms with Crippen LogP contribution in [0.5, 0.6) is 0 Å². The van der Waals surface area contributed by atoms with Gasteiger partial charge in [-0.15, -0.1) is 0 Å². The van der Waals surface area contributed by atoms with Crippen LogP contribution in [0.4, 0.5) is 5.95 Å². The van der Waals surface area contributed by atoms with Gasteiger partial charge in [0.15, 0.2) is 0 Å². The Labute approximate surface area is 106 Å². The van der Waals surface area contributed by atoms with E-state index in [1.165, 1.54) is 6.42 Å². The van der Waals surface area contributed by atoms with Gasteiger partial charge in [0.25, 0.3) is 0 Å². The Bertz CT molecular complexity index is 393. The molecular formula is C11H16N4OS. The van der Waals surface area contributed by atoms with E-state index < -0.39 is 0 Å². The standard InChI is InChI=1S/C11H16N4OS/c12-10(17)9-4-5-13-11(15-9)14-7-8-3-1-2-6-16-8/h4-5,8H,1-3,6-7H2,(H2,12,17)(H,13,14,15).